The molecule has 0 spiro atoms. The minimum atomic E-state index is -0.777. The molecule has 1 rings (SSSR count). The third-order valence-electron chi connectivity index (χ3n) is 2.23. The maximum absolute atomic E-state index is 12.7. The van der Waals surface area contributed by atoms with Crippen LogP contribution in [0.2, 0.25) is 0 Å². The van der Waals surface area contributed by atoms with Crippen LogP contribution in [0.4, 0.5) is 4.39 Å². The number of aliphatic hydroxyl groups excluding tert-OH is 1. The number of nitrogens with two attached hydrogens (primary N) is 1. The highest BCUT2D eigenvalue weighted by molar-refractivity contribution is 5.78. The van der Waals surface area contributed by atoms with Gasteiger partial charge in [-0.05, 0) is 45.0 Å². The van der Waals surface area contributed by atoms with Crippen LogP contribution >= 0.6 is 0 Å². The molecule has 0 amide bonds. The van der Waals surface area contributed by atoms with E-state index in [0.29, 0.717) is 5.75 Å². The van der Waals surface area contributed by atoms with Crippen LogP contribution in [0.25, 0.3) is 0 Å². The van der Waals surface area contributed by atoms with Gasteiger partial charge in [-0.2, -0.15) is 0 Å². The van der Waals surface area contributed by atoms with Crippen molar-refractivity contribution in [3.8, 4) is 5.75 Å². The van der Waals surface area contributed by atoms with E-state index in [2.05, 4.69) is 10.3 Å². The van der Waals surface area contributed by atoms with Gasteiger partial charge in [0.05, 0.1) is 6.54 Å². The van der Waals surface area contributed by atoms with Crippen molar-refractivity contribution < 1.29 is 14.2 Å². The first-order chi connectivity index (χ1) is 9.26. The number of hydrogen-bond acceptors (Lipinski definition) is 3. The standard InChI is InChI=1S/C14H22FN3O2/c1-14(2,3)18-13(16)17-8-11(19)9-20-12-6-4-10(15)5-7-12/h4-7,11,19H,8-9H2,1-3H3,(H3,16,17,18). The van der Waals surface area contributed by atoms with Crippen molar-refractivity contribution in [3.05, 3.63) is 30.1 Å². The number of guanidine groups is 1. The summed E-state index contributed by atoms with van der Waals surface area (Å²) in [5.74, 6) is 0.442. The van der Waals surface area contributed by atoms with E-state index in [4.69, 9.17) is 10.5 Å². The molecule has 0 heterocycles. The van der Waals surface area contributed by atoms with E-state index >= 15 is 0 Å². The molecule has 1 atom stereocenters. The average molecular weight is 283 g/mol. The summed E-state index contributed by atoms with van der Waals surface area (Å²) in [6.07, 6.45) is -0.777. The first kappa shape index (κ1) is 16.2. The van der Waals surface area contributed by atoms with Crippen LogP contribution in [0.15, 0.2) is 29.3 Å². The fraction of sp³-hybridized carbons (Fsp3) is 0.500. The first-order valence-electron chi connectivity index (χ1n) is 6.41. The molecule has 0 aliphatic rings. The summed E-state index contributed by atoms with van der Waals surface area (Å²) in [5.41, 5.74) is 5.50. The average Bonchev–Trinajstić information content (AvgIpc) is 2.33. The molecule has 0 bridgehead atoms. The van der Waals surface area contributed by atoms with E-state index in [1.807, 2.05) is 20.8 Å². The molecular weight excluding hydrogens is 261 g/mol. The summed E-state index contributed by atoms with van der Waals surface area (Å²) in [6, 6.07) is 5.60. The summed E-state index contributed by atoms with van der Waals surface area (Å²) in [7, 11) is 0. The quantitative estimate of drug-likeness (QED) is 0.561. The van der Waals surface area contributed by atoms with Gasteiger partial charge in [0.2, 0.25) is 0 Å². The maximum atomic E-state index is 12.7. The highest BCUT2D eigenvalue weighted by Crippen LogP contribution is 2.11. The van der Waals surface area contributed by atoms with Crippen molar-refractivity contribution in [2.45, 2.75) is 32.4 Å². The van der Waals surface area contributed by atoms with Crippen LogP contribution in [-0.4, -0.2) is 35.9 Å². The van der Waals surface area contributed by atoms with Crippen molar-refractivity contribution in [1.82, 2.24) is 5.32 Å². The largest absolute Gasteiger partial charge is 0.491 e. The van der Waals surface area contributed by atoms with E-state index in [1.54, 1.807) is 0 Å². The summed E-state index contributed by atoms with van der Waals surface area (Å²) in [4.78, 5) is 4.03. The molecular formula is C14H22FN3O2. The van der Waals surface area contributed by atoms with Crippen molar-refractivity contribution in [2.24, 2.45) is 10.7 Å². The predicted molar refractivity (Wildman–Crippen MR) is 77.3 cm³/mol. The normalized spacial score (nSPS) is 13.9. The monoisotopic (exact) mass is 283 g/mol. The number of hydrogen-bond donors (Lipinski definition) is 3. The van der Waals surface area contributed by atoms with Crippen LogP contribution in [0.1, 0.15) is 20.8 Å². The molecule has 0 saturated heterocycles. The molecule has 0 aliphatic carbocycles. The van der Waals surface area contributed by atoms with Gasteiger partial charge in [-0.15, -0.1) is 0 Å². The van der Waals surface area contributed by atoms with Crippen molar-refractivity contribution in [3.63, 3.8) is 0 Å². The Kier molecular flexibility index (Phi) is 5.76. The number of nitrogens with one attached hydrogen (secondary N) is 1. The van der Waals surface area contributed by atoms with Crippen molar-refractivity contribution in [2.75, 3.05) is 13.2 Å². The van der Waals surface area contributed by atoms with Gasteiger partial charge in [0, 0.05) is 5.54 Å². The van der Waals surface area contributed by atoms with Crippen molar-refractivity contribution in [1.29, 1.82) is 0 Å². The second-order valence-corrected chi connectivity index (χ2v) is 5.52. The molecule has 0 aromatic heterocycles. The van der Waals surface area contributed by atoms with E-state index < -0.39 is 6.10 Å². The predicted octanol–water partition coefficient (Wildman–Crippen LogP) is 1.27. The van der Waals surface area contributed by atoms with Gasteiger partial charge in [0.15, 0.2) is 5.96 Å². The molecule has 1 aromatic rings. The number of aliphatic hydroxyl groups is 1. The lowest BCUT2D eigenvalue weighted by molar-refractivity contribution is 0.114. The van der Waals surface area contributed by atoms with Crippen LogP contribution in [-0.2, 0) is 0 Å². The zero-order chi connectivity index (χ0) is 15.2. The summed E-state index contributed by atoms with van der Waals surface area (Å²) >= 11 is 0. The first-order valence-corrected chi connectivity index (χ1v) is 6.41. The Bertz CT molecular complexity index is 441. The van der Waals surface area contributed by atoms with Gasteiger partial charge in [-0.1, -0.05) is 0 Å². The number of nitrogens with zero attached hydrogens (tertiary/aromatic N) is 1. The Balaban J connectivity index is 2.35. The van der Waals surface area contributed by atoms with Gasteiger partial charge in [-0.3, -0.25) is 4.99 Å². The molecule has 1 unspecified atom stereocenters. The number of aliphatic imine (C=N–C) groups is 1. The van der Waals surface area contributed by atoms with Crippen molar-refractivity contribution >= 4 is 5.96 Å². The minimum Gasteiger partial charge on any atom is -0.491 e. The van der Waals surface area contributed by atoms with Crippen LogP contribution in [0, 0.1) is 5.82 Å². The Morgan fingerprint density at radius 1 is 1.40 bits per heavy atom. The molecule has 0 saturated carbocycles. The Labute approximate surface area is 118 Å². The highest BCUT2D eigenvalue weighted by atomic mass is 19.1. The molecule has 0 aliphatic heterocycles. The highest BCUT2D eigenvalue weighted by Gasteiger charge is 2.10. The second-order valence-electron chi connectivity index (χ2n) is 5.52. The fourth-order valence-corrected chi connectivity index (χ4v) is 1.40. The van der Waals surface area contributed by atoms with Crippen LogP contribution < -0.4 is 15.8 Å². The van der Waals surface area contributed by atoms with Gasteiger partial charge < -0.3 is 20.9 Å². The van der Waals surface area contributed by atoms with Crippen LogP contribution in [0.5, 0.6) is 5.75 Å². The van der Waals surface area contributed by atoms with E-state index in [1.165, 1.54) is 24.3 Å². The van der Waals surface area contributed by atoms with E-state index in [0.717, 1.165) is 0 Å². The zero-order valence-corrected chi connectivity index (χ0v) is 12.1. The fourth-order valence-electron chi connectivity index (χ4n) is 1.40. The Morgan fingerprint density at radius 2 is 2.00 bits per heavy atom. The Morgan fingerprint density at radius 3 is 2.55 bits per heavy atom. The summed E-state index contributed by atoms with van der Waals surface area (Å²) in [6.45, 7) is 6.09. The summed E-state index contributed by atoms with van der Waals surface area (Å²) < 4.78 is 18.0. The lowest BCUT2D eigenvalue weighted by Crippen LogP contribution is -2.45. The SMILES string of the molecule is CC(C)(C)NC(N)=NCC(O)COc1ccc(F)cc1. The number of rotatable bonds is 5. The van der Waals surface area contributed by atoms with Crippen LogP contribution in [0.3, 0.4) is 0 Å². The smallest absolute Gasteiger partial charge is 0.189 e. The minimum absolute atomic E-state index is 0.0674. The van der Waals surface area contributed by atoms with E-state index in [-0.39, 0.29) is 30.5 Å². The molecule has 20 heavy (non-hydrogen) atoms. The number of ether oxygens (including phenoxy) is 1. The number of benzene rings is 1. The molecule has 0 fully saturated rings. The maximum Gasteiger partial charge on any atom is 0.189 e. The molecule has 6 heteroatoms. The molecule has 5 nitrogen and oxygen atoms in total. The van der Waals surface area contributed by atoms with Gasteiger partial charge >= 0.3 is 0 Å². The lowest BCUT2D eigenvalue weighted by atomic mass is 10.1. The second kappa shape index (κ2) is 7.09. The summed E-state index contributed by atoms with van der Waals surface area (Å²) in [5, 5.41) is 12.7. The topological polar surface area (TPSA) is 79.9 Å². The number of halogens is 1. The van der Waals surface area contributed by atoms with E-state index in [9.17, 15) is 9.50 Å². The molecule has 112 valence electrons. The lowest BCUT2D eigenvalue weighted by Gasteiger charge is -2.21. The third kappa shape index (κ3) is 6.94. The van der Waals surface area contributed by atoms with Gasteiger partial charge in [-0.25, -0.2) is 4.39 Å². The zero-order valence-electron chi connectivity index (χ0n) is 12.1. The third-order valence-corrected chi connectivity index (χ3v) is 2.23. The molecule has 0 radical (unpaired) electrons. The van der Waals surface area contributed by atoms with Gasteiger partial charge in [0.25, 0.3) is 0 Å². The Hall–Kier alpha value is -1.82. The molecule has 4 N–H and O–H groups in total. The molecule has 1 aromatic carbocycles. The van der Waals surface area contributed by atoms with Gasteiger partial charge in [0.1, 0.15) is 24.3 Å².